The molecule has 0 saturated heterocycles. The summed E-state index contributed by atoms with van der Waals surface area (Å²) in [6.07, 6.45) is 2.04. The van der Waals surface area contributed by atoms with Crippen molar-refractivity contribution in [2.24, 2.45) is 0 Å². The molecule has 0 aromatic carbocycles. The van der Waals surface area contributed by atoms with Crippen LogP contribution in [0, 0.1) is 0 Å². The fourth-order valence-electron chi connectivity index (χ4n) is 1.48. The van der Waals surface area contributed by atoms with Crippen LogP contribution in [0.3, 0.4) is 0 Å². The summed E-state index contributed by atoms with van der Waals surface area (Å²) in [5.74, 6) is 0.637. The van der Waals surface area contributed by atoms with E-state index in [0.717, 1.165) is 12.3 Å². The second-order valence-electron chi connectivity index (χ2n) is 3.59. The molecule has 1 atom stereocenters. The third-order valence-electron chi connectivity index (χ3n) is 2.24. The number of hydrogen-bond donors (Lipinski definition) is 1. The van der Waals surface area contributed by atoms with Crippen LogP contribution in [-0.2, 0) is 4.74 Å². The molecule has 2 rings (SSSR count). The monoisotopic (exact) mass is 220 g/mol. The Balaban J connectivity index is 1.99. The van der Waals surface area contributed by atoms with Crippen molar-refractivity contribution in [3.05, 3.63) is 24.4 Å². The summed E-state index contributed by atoms with van der Waals surface area (Å²) in [5.41, 5.74) is 0.842. The second kappa shape index (κ2) is 4.94. The number of fused-ring (bicyclic) bond motifs is 1. The maximum atomic E-state index is 5.41. The molecule has 1 unspecified atom stereocenters. The van der Waals surface area contributed by atoms with E-state index < -0.39 is 0 Å². The minimum absolute atomic E-state index is 0.164. The summed E-state index contributed by atoms with van der Waals surface area (Å²) < 4.78 is 7.16. The highest BCUT2D eigenvalue weighted by Gasteiger charge is 2.04. The standard InChI is InChI=1S/C11H16N4O/c1-3-16-9(2)8-12-11-13-10-6-4-5-7-15(10)14-11/h4-7,9H,3,8H2,1-2H3,(H,12,14). The minimum atomic E-state index is 0.164. The first kappa shape index (κ1) is 10.9. The number of aromatic nitrogens is 3. The molecule has 2 heterocycles. The molecule has 0 spiro atoms. The van der Waals surface area contributed by atoms with Crippen molar-refractivity contribution in [2.45, 2.75) is 20.0 Å². The molecule has 0 bridgehead atoms. The zero-order valence-electron chi connectivity index (χ0n) is 9.55. The van der Waals surface area contributed by atoms with Gasteiger partial charge in [0, 0.05) is 19.3 Å². The van der Waals surface area contributed by atoms with Gasteiger partial charge in [0.05, 0.1) is 6.10 Å². The van der Waals surface area contributed by atoms with Crippen LogP contribution in [0.25, 0.3) is 5.65 Å². The lowest BCUT2D eigenvalue weighted by molar-refractivity contribution is 0.0854. The number of anilines is 1. The third-order valence-corrected chi connectivity index (χ3v) is 2.24. The molecule has 2 aromatic heterocycles. The summed E-state index contributed by atoms with van der Waals surface area (Å²) in [6, 6.07) is 5.79. The normalized spacial score (nSPS) is 12.9. The lowest BCUT2D eigenvalue weighted by Gasteiger charge is -2.10. The Hall–Kier alpha value is -1.62. The fourth-order valence-corrected chi connectivity index (χ4v) is 1.48. The van der Waals surface area contributed by atoms with Gasteiger partial charge in [-0.3, -0.25) is 0 Å². The van der Waals surface area contributed by atoms with Gasteiger partial charge >= 0.3 is 0 Å². The van der Waals surface area contributed by atoms with Crippen molar-refractivity contribution in [3.8, 4) is 0 Å². The van der Waals surface area contributed by atoms with Crippen molar-refractivity contribution >= 4 is 11.6 Å². The SMILES string of the molecule is CCOC(C)CNc1nc2ccccn2n1. The third kappa shape index (κ3) is 2.49. The first-order valence-corrected chi connectivity index (χ1v) is 5.46. The van der Waals surface area contributed by atoms with Crippen LogP contribution in [0.1, 0.15) is 13.8 Å². The van der Waals surface area contributed by atoms with E-state index in [1.165, 1.54) is 0 Å². The number of nitrogens with zero attached hydrogens (tertiary/aromatic N) is 3. The zero-order chi connectivity index (χ0) is 11.4. The van der Waals surface area contributed by atoms with Gasteiger partial charge in [-0.2, -0.15) is 4.98 Å². The molecule has 5 nitrogen and oxygen atoms in total. The highest BCUT2D eigenvalue weighted by molar-refractivity contribution is 5.42. The number of nitrogens with one attached hydrogen (secondary N) is 1. The maximum Gasteiger partial charge on any atom is 0.243 e. The van der Waals surface area contributed by atoms with Gasteiger partial charge in [-0.05, 0) is 26.0 Å². The van der Waals surface area contributed by atoms with E-state index in [1.807, 2.05) is 38.2 Å². The number of ether oxygens (including phenoxy) is 1. The molecule has 0 fully saturated rings. The number of hydrogen-bond acceptors (Lipinski definition) is 4. The molecule has 1 N–H and O–H groups in total. The largest absolute Gasteiger partial charge is 0.377 e. The van der Waals surface area contributed by atoms with Crippen molar-refractivity contribution in [3.63, 3.8) is 0 Å². The quantitative estimate of drug-likeness (QED) is 0.831. The lowest BCUT2D eigenvalue weighted by atomic mass is 10.4. The second-order valence-corrected chi connectivity index (χ2v) is 3.59. The molecular formula is C11H16N4O. The summed E-state index contributed by atoms with van der Waals surface area (Å²) in [4.78, 5) is 4.33. The molecule has 0 radical (unpaired) electrons. The molecule has 0 aliphatic heterocycles. The van der Waals surface area contributed by atoms with Crippen molar-refractivity contribution < 1.29 is 4.74 Å². The molecule has 86 valence electrons. The van der Waals surface area contributed by atoms with E-state index >= 15 is 0 Å². The van der Waals surface area contributed by atoms with Crippen LogP contribution in [0.2, 0.25) is 0 Å². The Morgan fingerprint density at radius 2 is 2.38 bits per heavy atom. The topological polar surface area (TPSA) is 51.5 Å². The van der Waals surface area contributed by atoms with E-state index in [1.54, 1.807) is 4.52 Å². The molecule has 0 amide bonds. The zero-order valence-corrected chi connectivity index (χ0v) is 9.55. The first-order valence-electron chi connectivity index (χ1n) is 5.46. The predicted molar refractivity (Wildman–Crippen MR) is 62.6 cm³/mol. The summed E-state index contributed by atoms with van der Waals surface area (Å²) in [6.45, 7) is 5.44. The van der Waals surface area contributed by atoms with Crippen molar-refractivity contribution in [1.82, 2.24) is 14.6 Å². The Morgan fingerprint density at radius 1 is 1.50 bits per heavy atom. The average molecular weight is 220 g/mol. The van der Waals surface area contributed by atoms with Gasteiger partial charge in [0.25, 0.3) is 0 Å². The Labute approximate surface area is 94.4 Å². The number of rotatable bonds is 5. The molecular weight excluding hydrogens is 204 g/mol. The summed E-state index contributed by atoms with van der Waals surface area (Å²) in [5, 5.41) is 7.43. The van der Waals surface area contributed by atoms with Crippen LogP contribution in [-0.4, -0.2) is 33.9 Å². The Kier molecular flexibility index (Phi) is 3.36. The highest BCUT2D eigenvalue weighted by Crippen LogP contribution is 2.04. The lowest BCUT2D eigenvalue weighted by Crippen LogP contribution is -2.20. The number of pyridine rings is 1. The average Bonchev–Trinajstić information content (AvgIpc) is 2.69. The van der Waals surface area contributed by atoms with E-state index in [-0.39, 0.29) is 6.10 Å². The van der Waals surface area contributed by atoms with Crippen LogP contribution < -0.4 is 5.32 Å². The summed E-state index contributed by atoms with van der Waals surface area (Å²) in [7, 11) is 0. The first-order chi connectivity index (χ1) is 7.79. The van der Waals surface area contributed by atoms with E-state index in [0.29, 0.717) is 12.5 Å². The highest BCUT2D eigenvalue weighted by atomic mass is 16.5. The molecule has 0 saturated carbocycles. The van der Waals surface area contributed by atoms with Gasteiger partial charge in [0.1, 0.15) is 0 Å². The molecule has 0 aliphatic carbocycles. The van der Waals surface area contributed by atoms with E-state index in [2.05, 4.69) is 15.4 Å². The minimum Gasteiger partial charge on any atom is -0.377 e. The Morgan fingerprint density at radius 3 is 3.12 bits per heavy atom. The van der Waals surface area contributed by atoms with Gasteiger partial charge in [0.2, 0.25) is 5.95 Å². The fraction of sp³-hybridized carbons (Fsp3) is 0.455. The van der Waals surface area contributed by atoms with E-state index in [9.17, 15) is 0 Å². The molecule has 5 heteroatoms. The van der Waals surface area contributed by atoms with Crippen molar-refractivity contribution in [1.29, 1.82) is 0 Å². The van der Waals surface area contributed by atoms with Crippen LogP contribution in [0.15, 0.2) is 24.4 Å². The summed E-state index contributed by atoms with van der Waals surface area (Å²) >= 11 is 0. The van der Waals surface area contributed by atoms with Gasteiger partial charge in [-0.1, -0.05) is 6.07 Å². The van der Waals surface area contributed by atoms with Gasteiger partial charge in [-0.15, -0.1) is 5.10 Å². The van der Waals surface area contributed by atoms with Crippen LogP contribution in [0.4, 0.5) is 5.95 Å². The van der Waals surface area contributed by atoms with Crippen LogP contribution >= 0.6 is 0 Å². The van der Waals surface area contributed by atoms with Crippen molar-refractivity contribution in [2.75, 3.05) is 18.5 Å². The van der Waals surface area contributed by atoms with E-state index in [4.69, 9.17) is 4.74 Å². The van der Waals surface area contributed by atoms with Gasteiger partial charge in [0.15, 0.2) is 5.65 Å². The maximum absolute atomic E-state index is 5.41. The van der Waals surface area contributed by atoms with Gasteiger partial charge < -0.3 is 10.1 Å². The molecule has 2 aromatic rings. The van der Waals surface area contributed by atoms with Crippen LogP contribution in [0.5, 0.6) is 0 Å². The van der Waals surface area contributed by atoms with Gasteiger partial charge in [-0.25, -0.2) is 4.52 Å². The molecule has 16 heavy (non-hydrogen) atoms. The predicted octanol–water partition coefficient (Wildman–Crippen LogP) is 1.57. The Bertz CT molecular complexity index is 421. The molecule has 0 aliphatic rings. The smallest absolute Gasteiger partial charge is 0.243 e.